The molecular weight excluding hydrogens is 272 g/mol. The molecule has 1 aromatic carbocycles. The summed E-state index contributed by atoms with van der Waals surface area (Å²) < 4.78 is 0. The van der Waals surface area contributed by atoms with Crippen molar-refractivity contribution in [3.63, 3.8) is 0 Å². The van der Waals surface area contributed by atoms with Crippen LogP contribution in [0.1, 0.15) is 37.2 Å². The van der Waals surface area contributed by atoms with Gasteiger partial charge in [-0.1, -0.05) is 36.8 Å². The molecule has 1 saturated heterocycles. The Labute approximate surface area is 126 Å². The molecule has 0 radical (unpaired) electrons. The van der Waals surface area contributed by atoms with Crippen LogP contribution in [-0.2, 0) is 4.79 Å². The van der Waals surface area contributed by atoms with Gasteiger partial charge in [0.1, 0.15) is 0 Å². The smallest absolute Gasteiger partial charge is 0.224 e. The summed E-state index contributed by atoms with van der Waals surface area (Å²) in [7, 11) is 0. The summed E-state index contributed by atoms with van der Waals surface area (Å²) in [6, 6.07) is 10.9. The van der Waals surface area contributed by atoms with Gasteiger partial charge < -0.3 is 10.6 Å². The molecule has 1 heterocycles. The average molecular weight is 295 g/mol. The van der Waals surface area contributed by atoms with Gasteiger partial charge in [0.15, 0.2) is 0 Å². The normalized spacial score (nSPS) is 28.9. The van der Waals surface area contributed by atoms with E-state index >= 15 is 0 Å². The lowest BCUT2D eigenvalue weighted by atomic mass is 9.93. The largest absolute Gasteiger partial charge is 0.352 e. The second kappa shape index (κ2) is 7.09. The van der Waals surface area contributed by atoms with Crippen molar-refractivity contribution in [2.75, 3.05) is 13.1 Å². The SMILES string of the molecule is Cl.O=C(NC1CCCC1c1ccccc1)C1CCNC1. The lowest BCUT2D eigenvalue weighted by Gasteiger charge is -2.23. The molecule has 1 saturated carbocycles. The molecule has 1 amide bonds. The Morgan fingerprint density at radius 3 is 2.65 bits per heavy atom. The van der Waals surface area contributed by atoms with E-state index in [1.807, 2.05) is 0 Å². The second-order valence-electron chi connectivity index (χ2n) is 5.75. The van der Waals surface area contributed by atoms with E-state index in [0.29, 0.717) is 12.0 Å². The molecule has 3 rings (SSSR count). The standard InChI is InChI=1S/C16H22N2O.ClH/c19-16(13-9-10-17-11-13)18-15-8-4-7-14(15)12-5-2-1-3-6-12;/h1-3,5-6,13-15,17H,4,7-11H2,(H,18,19);1H. The third-order valence-corrected chi connectivity index (χ3v) is 4.50. The highest BCUT2D eigenvalue weighted by atomic mass is 35.5. The van der Waals surface area contributed by atoms with E-state index in [-0.39, 0.29) is 24.2 Å². The predicted octanol–water partition coefficient (Wildman–Crippen LogP) is 2.47. The van der Waals surface area contributed by atoms with Gasteiger partial charge in [0.25, 0.3) is 0 Å². The van der Waals surface area contributed by atoms with Crippen LogP contribution in [0.25, 0.3) is 0 Å². The van der Waals surface area contributed by atoms with Gasteiger partial charge in [-0.05, 0) is 31.4 Å². The van der Waals surface area contributed by atoms with Crippen molar-refractivity contribution in [3.05, 3.63) is 35.9 Å². The molecule has 20 heavy (non-hydrogen) atoms. The summed E-state index contributed by atoms with van der Waals surface area (Å²) in [5.74, 6) is 0.925. The fourth-order valence-electron chi connectivity index (χ4n) is 3.41. The quantitative estimate of drug-likeness (QED) is 0.899. The van der Waals surface area contributed by atoms with Gasteiger partial charge >= 0.3 is 0 Å². The molecule has 2 fully saturated rings. The monoisotopic (exact) mass is 294 g/mol. The molecule has 2 aliphatic rings. The number of hydrogen-bond acceptors (Lipinski definition) is 2. The summed E-state index contributed by atoms with van der Waals surface area (Å²) in [6.45, 7) is 1.82. The van der Waals surface area contributed by atoms with Crippen LogP contribution in [0.2, 0.25) is 0 Å². The third kappa shape index (κ3) is 3.33. The molecule has 3 unspecified atom stereocenters. The summed E-state index contributed by atoms with van der Waals surface area (Å²) in [5.41, 5.74) is 1.37. The van der Waals surface area contributed by atoms with Crippen LogP contribution in [0.4, 0.5) is 0 Å². The maximum Gasteiger partial charge on any atom is 0.224 e. The van der Waals surface area contributed by atoms with Crippen LogP contribution in [0, 0.1) is 5.92 Å². The van der Waals surface area contributed by atoms with Crippen molar-refractivity contribution >= 4 is 18.3 Å². The number of nitrogens with one attached hydrogen (secondary N) is 2. The number of halogens is 1. The van der Waals surface area contributed by atoms with E-state index in [4.69, 9.17) is 0 Å². The predicted molar refractivity (Wildman–Crippen MR) is 83.2 cm³/mol. The lowest BCUT2D eigenvalue weighted by Crippen LogP contribution is -2.40. The first kappa shape index (κ1) is 15.3. The Kier molecular flexibility index (Phi) is 5.44. The minimum absolute atomic E-state index is 0. The van der Waals surface area contributed by atoms with Gasteiger partial charge in [0, 0.05) is 18.5 Å². The van der Waals surface area contributed by atoms with Gasteiger partial charge in [-0.25, -0.2) is 0 Å². The van der Waals surface area contributed by atoms with Crippen molar-refractivity contribution in [2.24, 2.45) is 5.92 Å². The number of amides is 1. The van der Waals surface area contributed by atoms with Crippen molar-refractivity contribution in [1.29, 1.82) is 0 Å². The Balaban J connectivity index is 0.00000147. The maximum absolute atomic E-state index is 12.2. The topological polar surface area (TPSA) is 41.1 Å². The van der Waals surface area contributed by atoms with E-state index in [0.717, 1.165) is 25.9 Å². The molecule has 4 heteroatoms. The summed E-state index contributed by atoms with van der Waals surface area (Å²) in [6.07, 6.45) is 4.51. The van der Waals surface area contributed by atoms with Crippen LogP contribution >= 0.6 is 12.4 Å². The van der Waals surface area contributed by atoms with Crippen molar-refractivity contribution in [2.45, 2.75) is 37.6 Å². The van der Waals surface area contributed by atoms with E-state index in [1.54, 1.807) is 0 Å². The van der Waals surface area contributed by atoms with Crippen molar-refractivity contribution in [1.82, 2.24) is 10.6 Å². The Hall–Kier alpha value is -1.06. The molecule has 3 atom stereocenters. The average Bonchev–Trinajstić information content (AvgIpc) is 3.11. The number of hydrogen-bond donors (Lipinski definition) is 2. The first-order chi connectivity index (χ1) is 9.34. The third-order valence-electron chi connectivity index (χ3n) is 4.50. The molecule has 1 aliphatic carbocycles. The van der Waals surface area contributed by atoms with Crippen LogP contribution in [0.3, 0.4) is 0 Å². The minimum atomic E-state index is 0. The van der Waals surface area contributed by atoms with E-state index < -0.39 is 0 Å². The molecule has 1 aliphatic heterocycles. The van der Waals surface area contributed by atoms with Gasteiger partial charge in [-0.15, -0.1) is 12.4 Å². The van der Waals surface area contributed by atoms with Crippen LogP contribution in [-0.4, -0.2) is 25.0 Å². The Morgan fingerprint density at radius 2 is 1.95 bits per heavy atom. The number of carbonyl (C=O) groups excluding carboxylic acids is 1. The maximum atomic E-state index is 12.2. The molecule has 1 aromatic rings. The zero-order valence-electron chi connectivity index (χ0n) is 11.7. The summed E-state index contributed by atoms with van der Waals surface area (Å²) in [5, 5.41) is 6.55. The van der Waals surface area contributed by atoms with Crippen LogP contribution in [0.15, 0.2) is 30.3 Å². The second-order valence-corrected chi connectivity index (χ2v) is 5.75. The highest BCUT2D eigenvalue weighted by Crippen LogP contribution is 2.34. The number of carbonyl (C=O) groups is 1. The first-order valence-corrected chi connectivity index (χ1v) is 7.40. The minimum Gasteiger partial charge on any atom is -0.352 e. The number of rotatable bonds is 3. The molecule has 3 nitrogen and oxygen atoms in total. The van der Waals surface area contributed by atoms with E-state index in [1.165, 1.54) is 18.4 Å². The molecule has 0 spiro atoms. The molecular formula is C16H23ClN2O. The molecule has 2 N–H and O–H groups in total. The van der Waals surface area contributed by atoms with Gasteiger partial charge in [0.05, 0.1) is 5.92 Å². The fraction of sp³-hybridized carbons (Fsp3) is 0.562. The van der Waals surface area contributed by atoms with Crippen molar-refractivity contribution in [3.8, 4) is 0 Å². The molecule has 110 valence electrons. The highest BCUT2D eigenvalue weighted by Gasteiger charge is 2.32. The summed E-state index contributed by atoms with van der Waals surface area (Å²) >= 11 is 0. The molecule has 0 bridgehead atoms. The lowest BCUT2D eigenvalue weighted by molar-refractivity contribution is -0.125. The van der Waals surface area contributed by atoms with Gasteiger partial charge in [0.2, 0.25) is 5.91 Å². The van der Waals surface area contributed by atoms with Crippen LogP contribution in [0.5, 0.6) is 0 Å². The fourth-order valence-corrected chi connectivity index (χ4v) is 3.41. The zero-order valence-corrected chi connectivity index (χ0v) is 12.5. The van der Waals surface area contributed by atoms with E-state index in [9.17, 15) is 4.79 Å². The first-order valence-electron chi connectivity index (χ1n) is 7.40. The highest BCUT2D eigenvalue weighted by molar-refractivity contribution is 5.85. The van der Waals surface area contributed by atoms with Gasteiger partial charge in [-0.3, -0.25) is 4.79 Å². The zero-order chi connectivity index (χ0) is 13.1. The Morgan fingerprint density at radius 1 is 1.15 bits per heavy atom. The van der Waals surface area contributed by atoms with Crippen molar-refractivity contribution < 1.29 is 4.79 Å². The van der Waals surface area contributed by atoms with Gasteiger partial charge in [-0.2, -0.15) is 0 Å². The van der Waals surface area contributed by atoms with Crippen LogP contribution < -0.4 is 10.6 Å². The number of benzene rings is 1. The Bertz CT molecular complexity index is 431. The molecule has 0 aromatic heterocycles. The van der Waals surface area contributed by atoms with E-state index in [2.05, 4.69) is 41.0 Å². The summed E-state index contributed by atoms with van der Waals surface area (Å²) in [4.78, 5) is 12.2.